The third-order valence-electron chi connectivity index (χ3n) is 2.43. The van der Waals surface area contributed by atoms with Gasteiger partial charge in [-0.2, -0.15) is 0 Å². The third kappa shape index (κ3) is 1.16. The molecule has 0 radical (unpaired) electrons. The Morgan fingerprint density at radius 2 is 2.38 bits per heavy atom. The van der Waals surface area contributed by atoms with Crippen LogP contribution in [0.4, 0.5) is 0 Å². The number of phenolic OH excluding ortho intramolecular Hbond substituents is 1. The summed E-state index contributed by atoms with van der Waals surface area (Å²) in [5, 5.41) is 9.75. The van der Waals surface area contributed by atoms with E-state index in [-0.39, 0.29) is 11.8 Å². The molecule has 0 fully saturated rings. The predicted molar refractivity (Wildman–Crippen MR) is 49.9 cm³/mol. The van der Waals surface area contributed by atoms with Gasteiger partial charge in [-0.3, -0.25) is 0 Å². The number of hydrogen-bond acceptors (Lipinski definition) is 3. The van der Waals surface area contributed by atoms with Crippen molar-refractivity contribution in [2.45, 2.75) is 19.4 Å². The van der Waals surface area contributed by atoms with Gasteiger partial charge in [0.15, 0.2) is 11.5 Å². The summed E-state index contributed by atoms with van der Waals surface area (Å²) in [7, 11) is 0. The standard InChI is InChI=1S/C10H13NO2/c1-2-6-3-4-7-8(11)5-13-10(7)9(6)12/h3-4,8,12H,2,5,11H2,1H3/t8-/m1/s1. The zero-order valence-electron chi connectivity index (χ0n) is 7.58. The van der Waals surface area contributed by atoms with Crippen LogP contribution in [0.25, 0.3) is 0 Å². The number of hydrogen-bond donors (Lipinski definition) is 2. The number of aryl methyl sites for hydroxylation is 1. The lowest BCUT2D eigenvalue weighted by Gasteiger charge is -2.06. The van der Waals surface area contributed by atoms with Crippen molar-refractivity contribution >= 4 is 0 Å². The second-order valence-corrected chi connectivity index (χ2v) is 3.26. The molecule has 1 heterocycles. The van der Waals surface area contributed by atoms with Gasteiger partial charge in [0.25, 0.3) is 0 Å². The molecule has 0 aliphatic carbocycles. The molecule has 3 nitrogen and oxygen atoms in total. The maximum absolute atomic E-state index is 9.75. The molecule has 13 heavy (non-hydrogen) atoms. The van der Waals surface area contributed by atoms with Crippen LogP contribution in [0.2, 0.25) is 0 Å². The van der Waals surface area contributed by atoms with Gasteiger partial charge < -0.3 is 15.6 Å². The molecule has 0 bridgehead atoms. The number of fused-ring (bicyclic) bond motifs is 1. The molecular formula is C10H13NO2. The summed E-state index contributed by atoms with van der Waals surface area (Å²) in [6.07, 6.45) is 0.803. The fourth-order valence-electron chi connectivity index (χ4n) is 1.62. The van der Waals surface area contributed by atoms with E-state index >= 15 is 0 Å². The van der Waals surface area contributed by atoms with Crippen LogP contribution in [-0.4, -0.2) is 11.7 Å². The van der Waals surface area contributed by atoms with Crippen molar-refractivity contribution in [3.8, 4) is 11.5 Å². The Hall–Kier alpha value is -1.22. The average Bonchev–Trinajstić information content (AvgIpc) is 2.50. The summed E-state index contributed by atoms with van der Waals surface area (Å²) in [4.78, 5) is 0. The molecule has 0 amide bonds. The van der Waals surface area contributed by atoms with Crippen LogP contribution >= 0.6 is 0 Å². The van der Waals surface area contributed by atoms with Crippen LogP contribution in [0.15, 0.2) is 12.1 Å². The maximum atomic E-state index is 9.75. The normalized spacial score (nSPS) is 19.7. The minimum atomic E-state index is -0.0909. The maximum Gasteiger partial charge on any atom is 0.166 e. The molecule has 1 aliphatic heterocycles. The zero-order valence-corrected chi connectivity index (χ0v) is 7.58. The molecule has 0 saturated heterocycles. The van der Waals surface area contributed by atoms with Crippen molar-refractivity contribution in [3.05, 3.63) is 23.3 Å². The van der Waals surface area contributed by atoms with Crippen molar-refractivity contribution in [2.24, 2.45) is 5.73 Å². The highest BCUT2D eigenvalue weighted by Crippen LogP contribution is 2.40. The second kappa shape index (κ2) is 2.92. The zero-order chi connectivity index (χ0) is 9.42. The van der Waals surface area contributed by atoms with Crippen LogP contribution in [-0.2, 0) is 6.42 Å². The Bertz CT molecular complexity index is 336. The van der Waals surface area contributed by atoms with E-state index in [1.165, 1.54) is 0 Å². The van der Waals surface area contributed by atoms with Crippen LogP contribution in [0.1, 0.15) is 24.1 Å². The Labute approximate surface area is 77.1 Å². The van der Waals surface area contributed by atoms with Gasteiger partial charge in [0, 0.05) is 5.56 Å². The summed E-state index contributed by atoms with van der Waals surface area (Å²) in [5.74, 6) is 0.833. The van der Waals surface area contributed by atoms with Crippen molar-refractivity contribution in [1.82, 2.24) is 0 Å². The molecule has 0 spiro atoms. The highest BCUT2D eigenvalue weighted by molar-refractivity contribution is 5.54. The van der Waals surface area contributed by atoms with Crippen molar-refractivity contribution < 1.29 is 9.84 Å². The molecule has 0 saturated carbocycles. The van der Waals surface area contributed by atoms with E-state index in [4.69, 9.17) is 10.5 Å². The Balaban J connectivity index is 2.54. The van der Waals surface area contributed by atoms with Gasteiger partial charge >= 0.3 is 0 Å². The van der Waals surface area contributed by atoms with Crippen LogP contribution in [0.3, 0.4) is 0 Å². The van der Waals surface area contributed by atoms with E-state index in [0.29, 0.717) is 12.4 Å². The summed E-state index contributed by atoms with van der Waals surface area (Å²) in [6.45, 7) is 2.46. The smallest absolute Gasteiger partial charge is 0.166 e. The fraction of sp³-hybridized carbons (Fsp3) is 0.400. The van der Waals surface area contributed by atoms with E-state index < -0.39 is 0 Å². The van der Waals surface area contributed by atoms with E-state index in [0.717, 1.165) is 17.5 Å². The van der Waals surface area contributed by atoms with Gasteiger partial charge in [-0.25, -0.2) is 0 Å². The molecule has 0 unspecified atom stereocenters. The molecule has 1 aromatic rings. The Morgan fingerprint density at radius 1 is 1.62 bits per heavy atom. The molecule has 2 rings (SSSR count). The average molecular weight is 179 g/mol. The van der Waals surface area contributed by atoms with E-state index in [2.05, 4.69) is 0 Å². The third-order valence-corrected chi connectivity index (χ3v) is 2.43. The molecular weight excluding hydrogens is 166 g/mol. The number of rotatable bonds is 1. The monoisotopic (exact) mass is 179 g/mol. The van der Waals surface area contributed by atoms with Gasteiger partial charge in [-0.1, -0.05) is 19.1 Å². The van der Waals surface area contributed by atoms with E-state index in [9.17, 15) is 5.11 Å². The van der Waals surface area contributed by atoms with Crippen LogP contribution < -0.4 is 10.5 Å². The first kappa shape index (κ1) is 8.38. The van der Waals surface area contributed by atoms with Crippen LogP contribution in [0, 0.1) is 0 Å². The predicted octanol–water partition coefficient (Wildman–Crippen LogP) is 1.35. The first-order valence-electron chi connectivity index (χ1n) is 4.47. The number of benzene rings is 1. The highest BCUT2D eigenvalue weighted by atomic mass is 16.5. The van der Waals surface area contributed by atoms with Gasteiger partial charge in [-0.05, 0) is 12.0 Å². The van der Waals surface area contributed by atoms with E-state index in [1.54, 1.807) is 0 Å². The minimum absolute atomic E-state index is 0.0909. The molecule has 3 heteroatoms. The van der Waals surface area contributed by atoms with Gasteiger partial charge in [-0.15, -0.1) is 0 Å². The highest BCUT2D eigenvalue weighted by Gasteiger charge is 2.24. The second-order valence-electron chi connectivity index (χ2n) is 3.26. The van der Waals surface area contributed by atoms with Gasteiger partial charge in [0.2, 0.25) is 0 Å². The SMILES string of the molecule is CCc1ccc2c(c1O)OC[C@H]2N. The minimum Gasteiger partial charge on any atom is -0.504 e. The number of phenols is 1. The van der Waals surface area contributed by atoms with E-state index in [1.807, 2.05) is 19.1 Å². The van der Waals surface area contributed by atoms with Crippen molar-refractivity contribution in [2.75, 3.05) is 6.61 Å². The van der Waals surface area contributed by atoms with Gasteiger partial charge in [0.05, 0.1) is 6.04 Å². The Kier molecular flexibility index (Phi) is 1.88. The van der Waals surface area contributed by atoms with Crippen LogP contribution in [0.5, 0.6) is 11.5 Å². The summed E-state index contributed by atoms with van der Waals surface area (Å²) >= 11 is 0. The first-order chi connectivity index (χ1) is 6.24. The molecule has 1 aromatic carbocycles. The largest absolute Gasteiger partial charge is 0.504 e. The molecule has 70 valence electrons. The first-order valence-corrected chi connectivity index (χ1v) is 4.47. The summed E-state index contributed by atoms with van der Waals surface area (Å²) in [5.41, 5.74) is 7.59. The quantitative estimate of drug-likeness (QED) is 0.684. The number of ether oxygens (including phenoxy) is 1. The summed E-state index contributed by atoms with van der Waals surface area (Å²) < 4.78 is 5.31. The molecule has 0 aromatic heterocycles. The van der Waals surface area contributed by atoms with Crippen molar-refractivity contribution in [1.29, 1.82) is 0 Å². The molecule has 1 aliphatic rings. The topological polar surface area (TPSA) is 55.5 Å². The molecule has 1 atom stereocenters. The lowest BCUT2D eigenvalue weighted by molar-refractivity contribution is 0.316. The summed E-state index contributed by atoms with van der Waals surface area (Å²) in [6, 6.07) is 3.75. The molecule has 3 N–H and O–H groups in total. The number of nitrogens with two attached hydrogens (primary N) is 1. The lowest BCUT2D eigenvalue weighted by atomic mass is 10.0. The van der Waals surface area contributed by atoms with Crippen molar-refractivity contribution in [3.63, 3.8) is 0 Å². The lowest BCUT2D eigenvalue weighted by Crippen LogP contribution is -2.10. The Morgan fingerprint density at radius 3 is 3.08 bits per heavy atom. The fourth-order valence-corrected chi connectivity index (χ4v) is 1.62. The number of aromatic hydroxyl groups is 1. The van der Waals surface area contributed by atoms with Gasteiger partial charge in [0.1, 0.15) is 6.61 Å².